The molecule has 0 amide bonds. The lowest BCUT2D eigenvalue weighted by Crippen LogP contribution is -1.88. The van der Waals surface area contributed by atoms with Crippen molar-refractivity contribution in [3.05, 3.63) is 27.7 Å². The molecule has 1 rings (SSSR count). The highest BCUT2D eigenvalue weighted by atomic mass is 35.5. The molecule has 0 fully saturated rings. The Balaban J connectivity index is 3.04. The number of nitrogens with two attached hydrogens (primary N) is 1. The summed E-state index contributed by atoms with van der Waals surface area (Å²) in [5, 5.41) is 9.40. The summed E-state index contributed by atoms with van der Waals surface area (Å²) in [7, 11) is 0. The maximum Gasteiger partial charge on any atom is 0.0619 e. The molecule has 0 radical (unpaired) electrons. The molecule has 1 aromatic carbocycles. The Kier molecular flexibility index (Phi) is 4.09. The molecular formula is C10H9Cl2NO. The smallest absolute Gasteiger partial charge is 0.0619 e. The van der Waals surface area contributed by atoms with Gasteiger partial charge in [0.15, 0.2) is 0 Å². The third-order valence-corrected chi connectivity index (χ3v) is 2.11. The minimum absolute atomic E-state index is 0.0250. The fourth-order valence-corrected chi connectivity index (χ4v) is 1.52. The molecule has 1 aromatic rings. The first-order valence-electron chi connectivity index (χ1n) is 3.99. The Bertz CT molecular complexity index is 370. The zero-order valence-electron chi connectivity index (χ0n) is 7.35. The van der Waals surface area contributed by atoms with Gasteiger partial charge in [-0.1, -0.05) is 35.0 Å². The van der Waals surface area contributed by atoms with Gasteiger partial charge in [-0.3, -0.25) is 0 Å². The lowest BCUT2D eigenvalue weighted by molar-refractivity contribution is 0.305. The summed E-state index contributed by atoms with van der Waals surface area (Å²) in [5.74, 6) is 5.52. The largest absolute Gasteiger partial charge is 0.399 e. The second kappa shape index (κ2) is 5.11. The van der Waals surface area contributed by atoms with Gasteiger partial charge in [0.1, 0.15) is 0 Å². The zero-order chi connectivity index (χ0) is 10.6. The Morgan fingerprint density at radius 2 is 1.86 bits per heavy atom. The molecule has 3 N–H and O–H groups in total. The van der Waals surface area contributed by atoms with Crippen molar-refractivity contribution in [1.82, 2.24) is 0 Å². The summed E-state index contributed by atoms with van der Waals surface area (Å²) in [6.45, 7) is 0.0250. The van der Waals surface area contributed by atoms with Crippen LogP contribution in [0.25, 0.3) is 0 Å². The van der Waals surface area contributed by atoms with E-state index < -0.39 is 0 Å². The maximum atomic E-state index is 8.54. The minimum Gasteiger partial charge on any atom is -0.399 e. The minimum atomic E-state index is 0.0250. The average Bonchev–Trinajstić information content (AvgIpc) is 2.09. The van der Waals surface area contributed by atoms with Crippen LogP contribution in [-0.4, -0.2) is 11.7 Å². The molecule has 0 saturated heterocycles. The lowest BCUT2D eigenvalue weighted by Gasteiger charge is -2.01. The normalized spacial score (nSPS) is 9.36. The van der Waals surface area contributed by atoms with Gasteiger partial charge in [-0.25, -0.2) is 0 Å². The molecule has 2 nitrogen and oxygen atoms in total. The third kappa shape index (κ3) is 2.81. The molecule has 0 heterocycles. The Labute approximate surface area is 92.6 Å². The van der Waals surface area contributed by atoms with Crippen molar-refractivity contribution in [3.63, 3.8) is 0 Å². The summed E-state index contributed by atoms with van der Waals surface area (Å²) >= 11 is 11.8. The molecule has 0 spiro atoms. The van der Waals surface area contributed by atoms with E-state index in [0.29, 0.717) is 27.7 Å². The van der Waals surface area contributed by atoms with E-state index in [1.165, 1.54) is 0 Å². The zero-order valence-corrected chi connectivity index (χ0v) is 8.86. The van der Waals surface area contributed by atoms with Crippen LogP contribution in [0.1, 0.15) is 12.0 Å². The number of halogens is 2. The number of nitrogen functional groups attached to an aromatic ring is 1. The van der Waals surface area contributed by atoms with Crippen LogP contribution in [0.4, 0.5) is 5.69 Å². The number of rotatable bonds is 1. The molecule has 74 valence electrons. The van der Waals surface area contributed by atoms with Gasteiger partial charge in [0.2, 0.25) is 0 Å². The van der Waals surface area contributed by atoms with Gasteiger partial charge < -0.3 is 10.8 Å². The molecule has 0 aliphatic carbocycles. The van der Waals surface area contributed by atoms with Crippen molar-refractivity contribution < 1.29 is 5.11 Å². The standard InChI is InChI=1S/C10H9Cl2NO/c11-9-5-7(13)6-10(12)8(9)3-1-2-4-14/h5-6,14H,2,4,13H2. The van der Waals surface area contributed by atoms with Crippen LogP contribution < -0.4 is 5.73 Å². The van der Waals surface area contributed by atoms with Crippen molar-refractivity contribution in [3.8, 4) is 11.8 Å². The fraction of sp³-hybridized carbons (Fsp3) is 0.200. The second-order valence-electron chi connectivity index (χ2n) is 2.63. The number of anilines is 1. The highest BCUT2D eigenvalue weighted by Crippen LogP contribution is 2.26. The molecule has 4 heteroatoms. The first-order valence-corrected chi connectivity index (χ1v) is 4.75. The number of hydrogen-bond acceptors (Lipinski definition) is 2. The number of aliphatic hydroxyl groups excluding tert-OH is 1. The molecule has 0 aliphatic rings. The highest BCUT2D eigenvalue weighted by molar-refractivity contribution is 6.37. The molecule has 0 aliphatic heterocycles. The van der Waals surface area contributed by atoms with Crippen LogP contribution in [0.15, 0.2) is 12.1 Å². The predicted octanol–water partition coefficient (Wildman–Crippen LogP) is 2.31. The molecule has 0 saturated carbocycles. The Morgan fingerprint density at radius 3 is 2.36 bits per heavy atom. The van der Waals surface area contributed by atoms with Gasteiger partial charge in [-0.05, 0) is 12.1 Å². The fourth-order valence-electron chi connectivity index (χ4n) is 0.919. The quantitative estimate of drug-likeness (QED) is 0.574. The van der Waals surface area contributed by atoms with E-state index in [4.69, 9.17) is 34.0 Å². The lowest BCUT2D eigenvalue weighted by atomic mass is 10.2. The topological polar surface area (TPSA) is 46.2 Å². The van der Waals surface area contributed by atoms with Crippen LogP contribution in [-0.2, 0) is 0 Å². The van der Waals surface area contributed by atoms with E-state index in [0.717, 1.165) is 0 Å². The molecule has 14 heavy (non-hydrogen) atoms. The van der Waals surface area contributed by atoms with Crippen LogP contribution in [0.5, 0.6) is 0 Å². The van der Waals surface area contributed by atoms with E-state index in [2.05, 4.69) is 11.8 Å². The third-order valence-electron chi connectivity index (χ3n) is 1.51. The van der Waals surface area contributed by atoms with Gasteiger partial charge in [0.25, 0.3) is 0 Å². The summed E-state index contributed by atoms with van der Waals surface area (Å²) in [5.41, 5.74) is 6.59. The van der Waals surface area contributed by atoms with Crippen molar-refractivity contribution in [2.75, 3.05) is 12.3 Å². The number of benzene rings is 1. The van der Waals surface area contributed by atoms with Crippen LogP contribution in [0, 0.1) is 11.8 Å². The van der Waals surface area contributed by atoms with Crippen LogP contribution >= 0.6 is 23.2 Å². The van der Waals surface area contributed by atoms with Crippen molar-refractivity contribution in [1.29, 1.82) is 0 Å². The van der Waals surface area contributed by atoms with E-state index in [1.807, 2.05) is 0 Å². The predicted molar refractivity (Wildman–Crippen MR) is 59.5 cm³/mol. The number of hydrogen-bond donors (Lipinski definition) is 2. The van der Waals surface area contributed by atoms with Gasteiger partial charge in [0.05, 0.1) is 22.2 Å². The van der Waals surface area contributed by atoms with E-state index >= 15 is 0 Å². The summed E-state index contributed by atoms with van der Waals surface area (Å²) in [6, 6.07) is 3.19. The highest BCUT2D eigenvalue weighted by Gasteiger charge is 2.03. The van der Waals surface area contributed by atoms with Gasteiger partial charge in [0, 0.05) is 12.1 Å². The summed E-state index contributed by atoms with van der Waals surface area (Å²) in [4.78, 5) is 0. The van der Waals surface area contributed by atoms with E-state index in [-0.39, 0.29) is 6.61 Å². The maximum absolute atomic E-state index is 8.54. The van der Waals surface area contributed by atoms with Crippen LogP contribution in [0.2, 0.25) is 10.0 Å². The van der Waals surface area contributed by atoms with Crippen LogP contribution in [0.3, 0.4) is 0 Å². The summed E-state index contributed by atoms with van der Waals surface area (Å²) < 4.78 is 0. The van der Waals surface area contributed by atoms with Gasteiger partial charge in [-0.2, -0.15) is 0 Å². The van der Waals surface area contributed by atoms with Crippen molar-refractivity contribution in [2.24, 2.45) is 0 Å². The average molecular weight is 230 g/mol. The molecule has 0 unspecified atom stereocenters. The SMILES string of the molecule is Nc1cc(Cl)c(C#CCCO)c(Cl)c1. The molecule has 0 aromatic heterocycles. The molecular weight excluding hydrogens is 221 g/mol. The number of aliphatic hydroxyl groups is 1. The Morgan fingerprint density at radius 1 is 1.29 bits per heavy atom. The molecule has 0 atom stereocenters. The van der Waals surface area contributed by atoms with Gasteiger partial charge >= 0.3 is 0 Å². The van der Waals surface area contributed by atoms with Crippen molar-refractivity contribution in [2.45, 2.75) is 6.42 Å². The first kappa shape index (κ1) is 11.2. The Hall–Kier alpha value is -0.880. The van der Waals surface area contributed by atoms with Gasteiger partial charge in [-0.15, -0.1) is 0 Å². The van der Waals surface area contributed by atoms with E-state index in [9.17, 15) is 0 Å². The molecule has 0 bridgehead atoms. The monoisotopic (exact) mass is 229 g/mol. The summed E-state index contributed by atoms with van der Waals surface area (Å²) in [6.07, 6.45) is 0.400. The van der Waals surface area contributed by atoms with Crippen molar-refractivity contribution >= 4 is 28.9 Å². The first-order chi connectivity index (χ1) is 6.65. The van der Waals surface area contributed by atoms with E-state index in [1.54, 1.807) is 12.1 Å². The second-order valence-corrected chi connectivity index (χ2v) is 3.45.